The largest absolute Gasteiger partial charge is 0.487 e. The standard InChI is InChI=1S/C17H25FO2/c1-11(2)8-17(9-12(3)4)10-15(19)14-6-5-13(18)7-16(14)20-17/h5-7,11-12,15,19H,8-10H2,1-4H3. The molecule has 1 aromatic carbocycles. The lowest BCUT2D eigenvalue weighted by Gasteiger charge is -2.43. The van der Waals surface area contributed by atoms with Gasteiger partial charge in [-0.05, 0) is 36.8 Å². The van der Waals surface area contributed by atoms with Gasteiger partial charge in [0.1, 0.15) is 17.2 Å². The summed E-state index contributed by atoms with van der Waals surface area (Å²) in [6.07, 6.45) is 1.76. The number of rotatable bonds is 4. The van der Waals surface area contributed by atoms with E-state index >= 15 is 0 Å². The maximum Gasteiger partial charge on any atom is 0.128 e. The molecule has 1 aliphatic heterocycles. The van der Waals surface area contributed by atoms with E-state index < -0.39 is 6.10 Å². The van der Waals surface area contributed by atoms with Crippen LogP contribution in [-0.4, -0.2) is 10.7 Å². The molecule has 1 N–H and O–H groups in total. The first kappa shape index (κ1) is 15.3. The second kappa shape index (κ2) is 5.72. The van der Waals surface area contributed by atoms with Crippen LogP contribution in [0.15, 0.2) is 18.2 Å². The number of aliphatic hydroxyl groups excluding tert-OH is 1. The number of hydrogen-bond donors (Lipinski definition) is 1. The van der Waals surface area contributed by atoms with E-state index in [9.17, 15) is 9.50 Å². The molecule has 1 aromatic rings. The van der Waals surface area contributed by atoms with E-state index in [1.54, 1.807) is 6.07 Å². The van der Waals surface area contributed by atoms with Gasteiger partial charge in [0.25, 0.3) is 0 Å². The van der Waals surface area contributed by atoms with Crippen molar-refractivity contribution in [2.24, 2.45) is 11.8 Å². The average molecular weight is 280 g/mol. The smallest absolute Gasteiger partial charge is 0.128 e. The van der Waals surface area contributed by atoms with Crippen LogP contribution in [0, 0.1) is 17.7 Å². The van der Waals surface area contributed by atoms with Gasteiger partial charge in [0, 0.05) is 18.1 Å². The highest BCUT2D eigenvalue weighted by Crippen LogP contribution is 2.45. The number of aliphatic hydroxyl groups is 1. The predicted octanol–water partition coefficient (Wildman–Crippen LogP) is 4.47. The lowest BCUT2D eigenvalue weighted by Crippen LogP contribution is -2.43. The minimum Gasteiger partial charge on any atom is -0.487 e. The van der Waals surface area contributed by atoms with Crippen molar-refractivity contribution in [3.63, 3.8) is 0 Å². The maximum absolute atomic E-state index is 13.4. The van der Waals surface area contributed by atoms with E-state index in [4.69, 9.17) is 4.74 Å². The monoisotopic (exact) mass is 280 g/mol. The Hall–Kier alpha value is -1.09. The summed E-state index contributed by atoms with van der Waals surface area (Å²) >= 11 is 0. The van der Waals surface area contributed by atoms with Crippen molar-refractivity contribution in [2.45, 2.75) is 58.7 Å². The normalized spacial score (nSPS) is 20.9. The molecule has 112 valence electrons. The molecule has 0 radical (unpaired) electrons. The molecule has 0 aromatic heterocycles. The Bertz CT molecular complexity index is 458. The third-order valence-electron chi connectivity index (χ3n) is 3.79. The molecule has 20 heavy (non-hydrogen) atoms. The molecule has 1 aliphatic rings. The van der Waals surface area contributed by atoms with E-state index in [-0.39, 0.29) is 11.4 Å². The first-order valence-electron chi connectivity index (χ1n) is 7.48. The fraction of sp³-hybridized carbons (Fsp3) is 0.647. The fourth-order valence-corrected chi connectivity index (χ4v) is 3.43. The van der Waals surface area contributed by atoms with Crippen LogP contribution in [0.4, 0.5) is 4.39 Å². The second-order valence-electron chi connectivity index (χ2n) is 6.88. The van der Waals surface area contributed by atoms with Gasteiger partial charge in [-0.3, -0.25) is 0 Å². The Morgan fingerprint density at radius 1 is 1.25 bits per heavy atom. The molecule has 0 saturated carbocycles. The Kier molecular flexibility index (Phi) is 4.38. The van der Waals surface area contributed by atoms with Gasteiger partial charge in [0.15, 0.2) is 0 Å². The van der Waals surface area contributed by atoms with E-state index in [0.29, 0.717) is 29.6 Å². The first-order valence-corrected chi connectivity index (χ1v) is 7.48. The fourth-order valence-electron chi connectivity index (χ4n) is 3.43. The Morgan fingerprint density at radius 3 is 2.40 bits per heavy atom. The minimum atomic E-state index is -0.572. The molecular weight excluding hydrogens is 255 g/mol. The van der Waals surface area contributed by atoms with Crippen LogP contribution >= 0.6 is 0 Å². The molecule has 1 heterocycles. The molecule has 2 rings (SSSR count). The lowest BCUT2D eigenvalue weighted by molar-refractivity contribution is -0.0409. The maximum atomic E-state index is 13.4. The number of hydrogen-bond acceptors (Lipinski definition) is 2. The van der Waals surface area contributed by atoms with E-state index in [2.05, 4.69) is 27.7 Å². The van der Waals surface area contributed by atoms with Crippen molar-refractivity contribution in [1.29, 1.82) is 0 Å². The Morgan fingerprint density at radius 2 is 1.85 bits per heavy atom. The quantitative estimate of drug-likeness (QED) is 0.881. The van der Waals surface area contributed by atoms with Gasteiger partial charge in [-0.25, -0.2) is 4.39 Å². The van der Waals surface area contributed by atoms with Gasteiger partial charge in [-0.1, -0.05) is 27.7 Å². The Labute approximate surface area is 121 Å². The van der Waals surface area contributed by atoms with Crippen molar-refractivity contribution >= 4 is 0 Å². The Balaban J connectivity index is 2.36. The predicted molar refractivity (Wildman–Crippen MR) is 78.2 cm³/mol. The van der Waals surface area contributed by atoms with Crippen LogP contribution < -0.4 is 4.74 Å². The van der Waals surface area contributed by atoms with Crippen LogP contribution in [0.1, 0.15) is 58.6 Å². The third-order valence-corrected chi connectivity index (χ3v) is 3.79. The van der Waals surface area contributed by atoms with Crippen LogP contribution in [0.25, 0.3) is 0 Å². The summed E-state index contributed by atoms with van der Waals surface area (Å²) in [4.78, 5) is 0. The topological polar surface area (TPSA) is 29.5 Å². The molecule has 3 heteroatoms. The second-order valence-corrected chi connectivity index (χ2v) is 6.88. The van der Waals surface area contributed by atoms with Crippen LogP contribution in [-0.2, 0) is 0 Å². The molecule has 0 spiro atoms. The summed E-state index contributed by atoms with van der Waals surface area (Å²) < 4.78 is 19.6. The van der Waals surface area contributed by atoms with Gasteiger partial charge in [-0.2, -0.15) is 0 Å². The highest BCUT2D eigenvalue weighted by atomic mass is 19.1. The van der Waals surface area contributed by atoms with Crippen molar-refractivity contribution in [2.75, 3.05) is 0 Å². The van der Waals surface area contributed by atoms with Crippen LogP contribution in [0.2, 0.25) is 0 Å². The highest BCUT2D eigenvalue weighted by molar-refractivity contribution is 5.38. The molecule has 0 saturated heterocycles. The zero-order valence-electron chi connectivity index (χ0n) is 12.8. The molecule has 0 aliphatic carbocycles. The molecule has 0 fully saturated rings. The minimum absolute atomic E-state index is 0.319. The summed E-state index contributed by atoms with van der Waals surface area (Å²) in [5.74, 6) is 1.12. The SMILES string of the molecule is CC(C)CC1(CC(C)C)CC(O)c2ccc(F)cc2O1. The number of fused-ring (bicyclic) bond motifs is 1. The van der Waals surface area contributed by atoms with Crippen LogP contribution in [0.3, 0.4) is 0 Å². The number of ether oxygens (including phenoxy) is 1. The molecular formula is C17H25FO2. The highest BCUT2D eigenvalue weighted by Gasteiger charge is 2.41. The van der Waals surface area contributed by atoms with Gasteiger partial charge >= 0.3 is 0 Å². The third kappa shape index (κ3) is 3.32. The summed E-state index contributed by atoms with van der Waals surface area (Å²) in [7, 11) is 0. The average Bonchev–Trinajstić information content (AvgIpc) is 2.25. The summed E-state index contributed by atoms with van der Waals surface area (Å²) in [6.45, 7) is 8.61. The summed E-state index contributed by atoms with van der Waals surface area (Å²) in [5.41, 5.74) is 0.317. The van der Waals surface area contributed by atoms with Gasteiger partial charge in [0.2, 0.25) is 0 Å². The van der Waals surface area contributed by atoms with E-state index in [0.717, 1.165) is 12.8 Å². The van der Waals surface area contributed by atoms with Gasteiger partial charge in [-0.15, -0.1) is 0 Å². The zero-order chi connectivity index (χ0) is 14.9. The van der Waals surface area contributed by atoms with Crippen molar-refractivity contribution < 1.29 is 14.2 Å². The van der Waals surface area contributed by atoms with Crippen molar-refractivity contribution in [3.8, 4) is 5.75 Å². The van der Waals surface area contributed by atoms with Crippen molar-refractivity contribution in [1.82, 2.24) is 0 Å². The van der Waals surface area contributed by atoms with E-state index in [1.807, 2.05) is 0 Å². The molecule has 0 bridgehead atoms. The first-order chi connectivity index (χ1) is 9.31. The zero-order valence-corrected chi connectivity index (χ0v) is 12.8. The molecule has 2 nitrogen and oxygen atoms in total. The number of benzene rings is 1. The molecule has 0 amide bonds. The number of halogens is 1. The van der Waals surface area contributed by atoms with Crippen molar-refractivity contribution in [3.05, 3.63) is 29.6 Å². The van der Waals surface area contributed by atoms with E-state index in [1.165, 1.54) is 12.1 Å². The lowest BCUT2D eigenvalue weighted by atomic mass is 9.78. The summed E-state index contributed by atoms with van der Waals surface area (Å²) in [6, 6.07) is 4.40. The van der Waals surface area contributed by atoms with Crippen LogP contribution in [0.5, 0.6) is 5.75 Å². The molecule has 1 atom stereocenters. The van der Waals surface area contributed by atoms with Gasteiger partial charge < -0.3 is 9.84 Å². The van der Waals surface area contributed by atoms with Gasteiger partial charge in [0.05, 0.1) is 6.10 Å². The molecule has 1 unspecified atom stereocenters. The summed E-state index contributed by atoms with van der Waals surface area (Å²) in [5, 5.41) is 10.4.